The summed E-state index contributed by atoms with van der Waals surface area (Å²) in [7, 11) is 0. The number of urea groups is 1. The maximum absolute atomic E-state index is 14.8. The van der Waals surface area contributed by atoms with Gasteiger partial charge in [-0.05, 0) is 157 Å². The van der Waals surface area contributed by atoms with Gasteiger partial charge in [-0.25, -0.2) is 9.59 Å². The largest absolute Gasteiger partial charge is 0.508 e. The van der Waals surface area contributed by atoms with E-state index in [1.54, 1.807) is 39.0 Å². The summed E-state index contributed by atoms with van der Waals surface area (Å²) in [5, 5.41) is 88.9. The highest BCUT2D eigenvalue weighted by atomic mass is 16.6. The van der Waals surface area contributed by atoms with Gasteiger partial charge in [0.25, 0.3) is 0 Å². The summed E-state index contributed by atoms with van der Waals surface area (Å²) in [6, 6.07) is 12.7. The van der Waals surface area contributed by atoms with E-state index in [0.717, 1.165) is 61.6 Å². The number of aliphatic hydroxyl groups excluding tert-OH is 6. The van der Waals surface area contributed by atoms with Crippen LogP contribution in [0.5, 0.6) is 5.75 Å². The summed E-state index contributed by atoms with van der Waals surface area (Å²) in [4.78, 5) is 163. The second-order valence-electron chi connectivity index (χ2n) is 33.4. The molecule has 2 saturated carbocycles. The third-order valence-electron chi connectivity index (χ3n) is 24.7. The number of hydrogen-bond acceptors (Lipinski definition) is 24. The van der Waals surface area contributed by atoms with Crippen LogP contribution in [0.15, 0.2) is 60.7 Å². The van der Waals surface area contributed by atoms with Gasteiger partial charge in [-0.2, -0.15) is 0 Å². The molecule has 8 rings (SSSR count). The number of amides is 11. The molecule has 0 bridgehead atoms. The maximum Gasteiger partial charge on any atom is 0.408 e. The molecule has 3 aromatic carbocycles. The molecule has 3 aromatic rings. The van der Waals surface area contributed by atoms with Crippen LogP contribution >= 0.6 is 0 Å². The summed E-state index contributed by atoms with van der Waals surface area (Å²) in [6.07, 6.45) is -2.43. The summed E-state index contributed by atoms with van der Waals surface area (Å²) >= 11 is 0. The normalized spacial score (nSPS) is 23.4. The van der Waals surface area contributed by atoms with Crippen molar-refractivity contribution in [3.63, 3.8) is 0 Å². The number of hydrogen-bond donors (Lipinski definition) is 15. The highest BCUT2D eigenvalue weighted by molar-refractivity contribution is 6.04. The van der Waals surface area contributed by atoms with Crippen LogP contribution < -0.4 is 43.0 Å². The van der Waals surface area contributed by atoms with Crippen molar-refractivity contribution in [2.75, 3.05) is 91.0 Å². The van der Waals surface area contributed by atoms with Gasteiger partial charge in [-0.15, -0.1) is 0 Å². The molecular weight excluding hydrogens is 1530 g/mol. The van der Waals surface area contributed by atoms with Crippen LogP contribution in [0.4, 0.5) is 15.3 Å². The van der Waals surface area contributed by atoms with Gasteiger partial charge in [0, 0.05) is 62.7 Å². The highest BCUT2D eigenvalue weighted by Crippen LogP contribution is 2.60. The predicted octanol–water partition coefficient (Wildman–Crippen LogP) is 2.93. The minimum atomic E-state index is -1.99. The first-order valence-electron chi connectivity index (χ1n) is 41.2. The third kappa shape index (κ3) is 24.9. The molecule has 0 aromatic heterocycles. The van der Waals surface area contributed by atoms with Crippen molar-refractivity contribution in [2.45, 2.75) is 224 Å². The van der Waals surface area contributed by atoms with Crippen LogP contribution in [-0.4, -0.2) is 240 Å². The molecule has 1 saturated heterocycles. The topological polar surface area (TPSA) is 506 Å². The average Bonchev–Trinajstić information content (AvgIpc) is 0.776. The number of anilines is 1. The molecule has 118 heavy (non-hydrogen) atoms. The minimum absolute atomic E-state index is 0.0337. The number of fused-ring (bicyclic) bond motifs is 6. The Morgan fingerprint density at radius 2 is 1.18 bits per heavy atom. The third-order valence-corrected chi connectivity index (χ3v) is 24.7. The number of aliphatic hydroxyl groups is 6. The van der Waals surface area contributed by atoms with Crippen molar-refractivity contribution in [2.24, 2.45) is 46.2 Å². The van der Waals surface area contributed by atoms with E-state index in [0.29, 0.717) is 30.4 Å². The molecule has 16 N–H and O–H groups in total. The van der Waals surface area contributed by atoms with Crippen LogP contribution in [0.3, 0.4) is 0 Å². The Balaban J connectivity index is 0.814. The molecule has 3 fully saturated rings. The molecule has 1 heterocycles. The molecule has 5 aliphatic rings. The van der Waals surface area contributed by atoms with Gasteiger partial charge in [0.05, 0.1) is 95.6 Å². The number of primary amides is 1. The van der Waals surface area contributed by atoms with Crippen LogP contribution in [0, 0.1) is 40.4 Å². The zero-order chi connectivity index (χ0) is 86.2. The lowest BCUT2D eigenvalue weighted by molar-refractivity contribution is -0.150. The van der Waals surface area contributed by atoms with E-state index in [1.807, 2.05) is 44.2 Å². The number of likely N-dealkylation sites (tertiary alicyclic amines) is 1. The number of aryl methyl sites for hydroxylation is 2. The number of carbonyl (C=O) groups excluding carboxylic acids is 12. The number of phenols is 1. The standard InChI is InChI=1S/C85H123N9O24/c1-50(2)72(92-76(108)61(22-25-69(102)88-46-65(100)73(105)74(106)66(101)48-96)90-70(103)26-33-114-35-37-116-39-40-117-38-36-115-34-32-94-71(104)41-51(3)77(94)109)64(99)44-56(11-8-31-87-80(86)112)75(107)89-57-19-13-52(14-20-57)49-118-81(113)91-62(47-95)63(98)43-53-12-15-54-17-23-67-82(4,59(54)42-53)27-9-29-84(67,6)78(110)93-79(111)85(7)30-10-28-83(5)60-45-58(97)21-16-55(60)18-24-68(83)85/h12-16,19-21,42,45,50-51,56,61-62,65-68,72-74,95-97,100-101,105-106H,8-11,17-18,22-41,43-44,46-49H2,1-7H3,(H,88,102)(H,89,107)(H,90,103)(H,91,113)(H,92,108)(H3,86,87,112)(H,93,110,111)/t51?,56-,61-,62+,65+,66-,67-,68-,72+,73-,74-,82-,83-,84+,85+/m1/s1. The monoisotopic (exact) mass is 1650 g/mol. The van der Waals surface area contributed by atoms with Crippen molar-refractivity contribution in [3.8, 4) is 5.75 Å². The van der Waals surface area contributed by atoms with E-state index in [4.69, 9.17) is 34.5 Å². The molecule has 0 spiro atoms. The van der Waals surface area contributed by atoms with Crippen molar-refractivity contribution in [3.05, 3.63) is 94.0 Å². The molecule has 4 aliphatic carbocycles. The molecule has 0 radical (unpaired) electrons. The maximum atomic E-state index is 14.8. The first kappa shape index (κ1) is 94.6. The van der Waals surface area contributed by atoms with Crippen molar-refractivity contribution in [1.82, 2.24) is 36.8 Å². The lowest BCUT2D eigenvalue weighted by Gasteiger charge is -2.56. The number of rotatable bonds is 46. The summed E-state index contributed by atoms with van der Waals surface area (Å²) in [6.45, 7) is 12.1. The predicted molar refractivity (Wildman–Crippen MR) is 428 cm³/mol. The number of carbonyl (C=O) groups is 12. The number of imide groups is 2. The molecule has 11 amide bonds. The lowest BCUT2D eigenvalue weighted by Crippen LogP contribution is -2.60. The zero-order valence-electron chi connectivity index (χ0n) is 68.9. The fourth-order valence-corrected chi connectivity index (χ4v) is 17.9. The molecule has 15 atom stereocenters. The first-order valence-corrected chi connectivity index (χ1v) is 41.2. The number of nitrogens with two attached hydrogens (primary N) is 1. The average molecular weight is 1650 g/mol. The van der Waals surface area contributed by atoms with Crippen molar-refractivity contribution < 1.29 is 117 Å². The Morgan fingerprint density at radius 1 is 0.610 bits per heavy atom. The molecular formula is C85H123N9O24. The Bertz CT molecular complexity index is 4000. The fourth-order valence-electron chi connectivity index (χ4n) is 17.9. The Labute approximate surface area is 688 Å². The van der Waals surface area contributed by atoms with Gasteiger partial charge >= 0.3 is 12.1 Å². The molecule has 33 heteroatoms. The zero-order valence-corrected chi connectivity index (χ0v) is 68.9. The number of ketones is 2. The number of nitrogens with zero attached hydrogens (tertiary/aromatic N) is 1. The second kappa shape index (κ2) is 43.9. The second-order valence-corrected chi connectivity index (χ2v) is 33.4. The van der Waals surface area contributed by atoms with E-state index in [9.17, 15) is 88.2 Å². The van der Waals surface area contributed by atoms with E-state index in [-0.39, 0.29) is 169 Å². The Kier molecular flexibility index (Phi) is 35.2. The van der Waals surface area contributed by atoms with Crippen LogP contribution in [0.1, 0.15) is 178 Å². The van der Waals surface area contributed by atoms with Gasteiger partial charge in [-0.1, -0.05) is 97.7 Å². The fraction of sp³-hybridized carbons (Fsp3) is 0.647. The van der Waals surface area contributed by atoms with Crippen molar-refractivity contribution in [1.29, 1.82) is 0 Å². The smallest absolute Gasteiger partial charge is 0.408 e. The first-order chi connectivity index (χ1) is 56.1. The summed E-state index contributed by atoms with van der Waals surface area (Å²) < 4.78 is 27.5. The summed E-state index contributed by atoms with van der Waals surface area (Å²) in [5.41, 5.74) is 8.56. The number of nitrogens with one attached hydrogen (secondary N) is 7. The van der Waals surface area contributed by atoms with Crippen molar-refractivity contribution >= 4 is 76.6 Å². The quantitative estimate of drug-likeness (QED) is 0.0285. The van der Waals surface area contributed by atoms with Gasteiger partial charge in [0.2, 0.25) is 47.3 Å². The molecule has 1 aliphatic heterocycles. The molecule has 33 nitrogen and oxygen atoms in total. The van der Waals surface area contributed by atoms with Crippen LogP contribution in [-0.2, 0) is 108 Å². The van der Waals surface area contributed by atoms with E-state index in [2.05, 4.69) is 51.1 Å². The number of ether oxygens (including phenoxy) is 5. The Morgan fingerprint density at radius 3 is 1.75 bits per heavy atom. The summed E-state index contributed by atoms with van der Waals surface area (Å²) in [5.74, 6) is -7.00. The van der Waals surface area contributed by atoms with E-state index in [1.165, 1.54) is 22.6 Å². The van der Waals surface area contributed by atoms with Gasteiger partial charge in [0.15, 0.2) is 11.6 Å². The highest BCUT2D eigenvalue weighted by Gasteiger charge is 2.59. The van der Waals surface area contributed by atoms with Crippen LogP contribution in [0.25, 0.3) is 0 Å². The number of Topliss-reactive ketones (excluding diaryl/α,β-unsaturated/α-hetero) is 2. The van der Waals surface area contributed by atoms with E-state index < -0.39 is 151 Å². The number of benzene rings is 3. The lowest BCUT2D eigenvalue weighted by atomic mass is 9.49. The Hall–Kier alpha value is -8.90. The van der Waals surface area contributed by atoms with Gasteiger partial charge in [0.1, 0.15) is 42.8 Å². The van der Waals surface area contributed by atoms with Gasteiger partial charge in [-0.3, -0.25) is 58.2 Å². The van der Waals surface area contributed by atoms with Gasteiger partial charge < -0.3 is 97.1 Å². The SMILES string of the molecule is CC1CC(=O)N(CCOCCOCCOCCOCCC(=O)N[C@H](CCC(=O)NC[C@H](O)[C@@H](O)[C@H](O)[C@H](O)CO)C(=O)N[C@H](C(=O)C[C@@H](CCCNC(N)=O)C(=O)Nc2ccc(COC(=O)N[C@@H](CO)C(=O)Cc3ccc4c(c3)[C@@]3(C)CCC[C@](C)(C(=O)NC(=O)[C@@]5(C)CCC[C@]6(C)c7cc(O)ccc7CC[C@@H]56)[C@@H]3CC4)cc2)C(C)C)C1=O. The molecule has 1 unspecified atom stereocenters. The molecule has 652 valence electrons. The van der Waals surface area contributed by atoms with E-state index >= 15 is 0 Å². The van der Waals surface area contributed by atoms with Crippen LogP contribution in [0.2, 0.25) is 0 Å². The number of aromatic hydroxyl groups is 1. The number of alkyl carbamates (subject to hydrolysis) is 1. The minimum Gasteiger partial charge on any atom is -0.508 e. The number of phenolic OH excluding ortho intramolecular Hbond substituents is 1.